The van der Waals surface area contributed by atoms with E-state index in [4.69, 9.17) is 16.6 Å². The van der Waals surface area contributed by atoms with Crippen LogP contribution in [0.2, 0.25) is 5.02 Å². The number of piperidine rings is 1. The maximum Gasteiger partial charge on any atom is 0.261 e. The van der Waals surface area contributed by atoms with Gasteiger partial charge in [0.1, 0.15) is 11.4 Å². The van der Waals surface area contributed by atoms with Gasteiger partial charge in [-0.3, -0.25) is 9.48 Å². The summed E-state index contributed by atoms with van der Waals surface area (Å²) in [7, 11) is 0. The number of nitrogens with zero attached hydrogens (tertiary/aromatic N) is 4. The van der Waals surface area contributed by atoms with Crippen molar-refractivity contribution in [3.63, 3.8) is 0 Å². The predicted octanol–water partition coefficient (Wildman–Crippen LogP) is 5.80. The smallest absolute Gasteiger partial charge is 0.261 e. The molecule has 8 nitrogen and oxygen atoms in total. The largest absolute Gasteiger partial charge is 0.382 e. The molecule has 202 valence electrons. The molecule has 0 aliphatic carbocycles. The molecule has 0 spiro atoms. The average Bonchev–Trinajstić information content (AvgIpc) is 3.49. The first-order chi connectivity index (χ1) is 18.2. The molecule has 0 atom stereocenters. The van der Waals surface area contributed by atoms with Gasteiger partial charge in [-0.25, -0.2) is 4.98 Å². The van der Waals surface area contributed by atoms with Crippen molar-refractivity contribution < 1.29 is 0 Å². The summed E-state index contributed by atoms with van der Waals surface area (Å²) in [6.45, 7) is 13.7. The van der Waals surface area contributed by atoms with Gasteiger partial charge in [0.05, 0.1) is 34.5 Å². The van der Waals surface area contributed by atoms with Gasteiger partial charge in [-0.05, 0) is 80.4 Å². The first-order valence-electron chi connectivity index (χ1n) is 13.5. The molecule has 0 amide bonds. The van der Waals surface area contributed by atoms with E-state index in [0.29, 0.717) is 40.8 Å². The van der Waals surface area contributed by atoms with Crippen LogP contribution in [0.1, 0.15) is 57.1 Å². The number of anilines is 1. The van der Waals surface area contributed by atoms with Crippen LogP contribution in [-0.2, 0) is 6.54 Å². The number of likely N-dealkylation sites (tertiary alicyclic amines) is 1. The summed E-state index contributed by atoms with van der Waals surface area (Å²) in [6, 6.07) is 6.39. The number of halogens is 1. The fourth-order valence-corrected chi connectivity index (χ4v) is 5.44. The normalized spacial score (nSPS) is 15.4. The van der Waals surface area contributed by atoms with Gasteiger partial charge in [0.25, 0.3) is 5.56 Å². The van der Waals surface area contributed by atoms with Crippen LogP contribution in [0.4, 0.5) is 5.69 Å². The standard InChI is InChI=1S/C29H38ClN7O/c1-19-15-21(20-6-11-36(12-7-20)13-8-29(2,3)4)16-24-26(19)35-27(34-24)25-23(5-9-32-28(25)38)31-10-14-37-18-22(30)17-33-37/h5,9,15-18,20H,6-8,10-14H2,1-4H3,(H,34,35)(H2,31,32,38). The van der Waals surface area contributed by atoms with E-state index in [-0.39, 0.29) is 5.56 Å². The van der Waals surface area contributed by atoms with Crippen LogP contribution in [0.15, 0.2) is 41.6 Å². The second-order valence-electron chi connectivity index (χ2n) is 11.7. The number of benzene rings is 1. The van der Waals surface area contributed by atoms with Crippen LogP contribution >= 0.6 is 11.6 Å². The third-order valence-corrected chi connectivity index (χ3v) is 7.69. The fraction of sp³-hybridized carbons (Fsp3) is 0.483. The van der Waals surface area contributed by atoms with Gasteiger partial charge in [-0.2, -0.15) is 5.10 Å². The van der Waals surface area contributed by atoms with Crippen molar-refractivity contribution in [1.82, 2.24) is 29.6 Å². The van der Waals surface area contributed by atoms with Crippen LogP contribution in [0.25, 0.3) is 22.4 Å². The van der Waals surface area contributed by atoms with Crippen LogP contribution in [0, 0.1) is 12.3 Å². The van der Waals surface area contributed by atoms with E-state index in [9.17, 15) is 4.79 Å². The lowest BCUT2D eigenvalue weighted by molar-refractivity contribution is 0.185. The van der Waals surface area contributed by atoms with Crippen LogP contribution < -0.4 is 10.9 Å². The zero-order valence-electron chi connectivity index (χ0n) is 22.8. The molecule has 0 radical (unpaired) electrons. The minimum atomic E-state index is -0.184. The van der Waals surface area contributed by atoms with Gasteiger partial charge in [0, 0.05) is 18.9 Å². The second kappa shape index (κ2) is 10.9. The maximum atomic E-state index is 12.9. The number of aromatic amines is 2. The third-order valence-electron chi connectivity index (χ3n) is 7.49. The number of pyridine rings is 1. The van der Waals surface area contributed by atoms with Crippen LogP contribution in [0.3, 0.4) is 0 Å². The van der Waals surface area contributed by atoms with E-state index in [0.717, 1.165) is 35.4 Å². The van der Waals surface area contributed by atoms with Crippen molar-refractivity contribution in [1.29, 1.82) is 0 Å². The fourth-order valence-electron chi connectivity index (χ4n) is 5.28. The number of rotatable bonds is 8. The topological polar surface area (TPSA) is 94.6 Å². The summed E-state index contributed by atoms with van der Waals surface area (Å²) in [5.74, 6) is 1.12. The molecule has 1 aliphatic rings. The molecule has 3 aromatic heterocycles. The lowest BCUT2D eigenvalue weighted by Gasteiger charge is -2.34. The van der Waals surface area contributed by atoms with E-state index in [1.807, 2.05) is 6.07 Å². The Kier molecular flexibility index (Phi) is 7.63. The zero-order valence-corrected chi connectivity index (χ0v) is 23.5. The van der Waals surface area contributed by atoms with E-state index >= 15 is 0 Å². The van der Waals surface area contributed by atoms with Crippen molar-refractivity contribution >= 4 is 28.3 Å². The first kappa shape index (κ1) is 26.5. The molecule has 1 saturated heterocycles. The Hall–Kier alpha value is -3.10. The number of hydrogen-bond donors (Lipinski definition) is 3. The number of H-pyrrole nitrogens is 2. The molecule has 0 unspecified atom stereocenters. The van der Waals surface area contributed by atoms with Crippen LogP contribution in [0.5, 0.6) is 0 Å². The number of fused-ring (bicyclic) bond motifs is 1. The number of aryl methyl sites for hydroxylation is 1. The number of hydrogen-bond acceptors (Lipinski definition) is 5. The lowest BCUT2D eigenvalue weighted by Crippen LogP contribution is -2.35. The summed E-state index contributed by atoms with van der Waals surface area (Å²) in [5, 5.41) is 8.18. The molecular formula is C29H38ClN7O. The predicted molar refractivity (Wildman–Crippen MR) is 155 cm³/mol. The van der Waals surface area contributed by atoms with E-state index < -0.39 is 0 Å². The van der Waals surface area contributed by atoms with Gasteiger partial charge >= 0.3 is 0 Å². The van der Waals surface area contributed by atoms with Crippen LogP contribution in [-0.4, -0.2) is 55.8 Å². The quantitative estimate of drug-likeness (QED) is 0.265. The summed E-state index contributed by atoms with van der Waals surface area (Å²) < 4.78 is 1.77. The highest BCUT2D eigenvalue weighted by molar-refractivity contribution is 6.30. The van der Waals surface area contributed by atoms with Gasteiger partial charge in [-0.15, -0.1) is 0 Å². The van der Waals surface area contributed by atoms with E-state index in [1.54, 1.807) is 23.3 Å². The number of nitrogens with one attached hydrogen (secondary N) is 3. The monoisotopic (exact) mass is 535 g/mol. The van der Waals surface area contributed by atoms with E-state index in [2.05, 4.69) is 65.1 Å². The van der Waals surface area contributed by atoms with Gasteiger partial charge in [0.2, 0.25) is 0 Å². The lowest BCUT2D eigenvalue weighted by atomic mass is 9.87. The van der Waals surface area contributed by atoms with Crippen molar-refractivity contribution in [3.05, 3.63) is 63.3 Å². The Morgan fingerprint density at radius 2 is 1.97 bits per heavy atom. The molecule has 38 heavy (non-hydrogen) atoms. The summed E-state index contributed by atoms with van der Waals surface area (Å²) in [4.78, 5) is 26.6. The highest BCUT2D eigenvalue weighted by Crippen LogP contribution is 2.33. The maximum absolute atomic E-state index is 12.9. The first-order valence-corrected chi connectivity index (χ1v) is 13.9. The van der Waals surface area contributed by atoms with Crippen molar-refractivity contribution in [2.24, 2.45) is 5.41 Å². The van der Waals surface area contributed by atoms with Crippen molar-refractivity contribution in [3.8, 4) is 11.4 Å². The minimum absolute atomic E-state index is 0.184. The molecule has 0 bridgehead atoms. The summed E-state index contributed by atoms with van der Waals surface area (Å²) in [5.41, 5.74) is 5.81. The molecule has 1 aliphatic heterocycles. The molecule has 9 heteroatoms. The number of aromatic nitrogens is 5. The highest BCUT2D eigenvalue weighted by Gasteiger charge is 2.23. The second-order valence-corrected chi connectivity index (χ2v) is 12.1. The molecule has 0 saturated carbocycles. The third kappa shape index (κ3) is 6.13. The summed E-state index contributed by atoms with van der Waals surface area (Å²) >= 11 is 5.96. The molecular weight excluding hydrogens is 498 g/mol. The molecule has 3 N–H and O–H groups in total. The Bertz CT molecular complexity index is 1450. The van der Waals surface area contributed by atoms with Gasteiger partial charge < -0.3 is 20.2 Å². The van der Waals surface area contributed by atoms with Crippen molar-refractivity contribution in [2.75, 3.05) is 31.5 Å². The minimum Gasteiger partial charge on any atom is -0.382 e. The summed E-state index contributed by atoms with van der Waals surface area (Å²) in [6.07, 6.45) is 8.61. The van der Waals surface area contributed by atoms with E-state index in [1.165, 1.54) is 31.4 Å². The Morgan fingerprint density at radius 1 is 1.18 bits per heavy atom. The highest BCUT2D eigenvalue weighted by atomic mass is 35.5. The average molecular weight is 536 g/mol. The van der Waals surface area contributed by atoms with Gasteiger partial charge in [-0.1, -0.05) is 38.4 Å². The molecule has 4 aromatic rings. The Balaban J connectivity index is 1.33. The SMILES string of the molecule is Cc1cc(C2CCN(CCC(C)(C)C)CC2)cc2[nH]c(-c3c(NCCn4cc(Cl)cn4)cc[nH]c3=O)nc12. The molecule has 5 rings (SSSR count). The zero-order chi connectivity index (χ0) is 26.9. The Morgan fingerprint density at radius 3 is 2.68 bits per heavy atom. The molecule has 1 aromatic carbocycles. The Labute approximate surface area is 228 Å². The van der Waals surface area contributed by atoms with Crippen molar-refractivity contribution in [2.45, 2.75) is 59.4 Å². The van der Waals surface area contributed by atoms with Gasteiger partial charge in [0.15, 0.2) is 0 Å². The molecule has 4 heterocycles. The number of imidazole rings is 1. The molecule has 1 fully saturated rings.